The van der Waals surface area contributed by atoms with Gasteiger partial charge < -0.3 is 5.32 Å². The molecule has 110 valence electrons. The first-order chi connectivity index (χ1) is 9.27. The van der Waals surface area contributed by atoms with Crippen molar-refractivity contribution in [3.8, 4) is 0 Å². The Labute approximate surface area is 118 Å². The molecule has 0 fully saturated rings. The molecule has 0 bridgehead atoms. The molecule has 1 heterocycles. The summed E-state index contributed by atoms with van der Waals surface area (Å²) in [5.41, 5.74) is 2.48. The molecule has 1 N–H and O–H groups in total. The summed E-state index contributed by atoms with van der Waals surface area (Å²) in [6.07, 6.45) is 13.2. The second-order valence-electron chi connectivity index (χ2n) is 5.51. The van der Waals surface area contributed by atoms with E-state index in [-0.39, 0.29) is 0 Å². The lowest BCUT2D eigenvalue weighted by Gasteiger charge is -2.02. The minimum atomic E-state index is 0.920. The van der Waals surface area contributed by atoms with Crippen LogP contribution in [0.1, 0.15) is 69.5 Å². The van der Waals surface area contributed by atoms with Crippen LogP contribution in [0.3, 0.4) is 0 Å². The lowest BCUT2D eigenvalue weighted by molar-refractivity contribution is 0.518. The van der Waals surface area contributed by atoms with Gasteiger partial charge in [0.15, 0.2) is 0 Å². The van der Waals surface area contributed by atoms with E-state index in [1.165, 1.54) is 56.9 Å². The summed E-state index contributed by atoms with van der Waals surface area (Å²) < 4.78 is 2.11. The largest absolute Gasteiger partial charge is 0.316 e. The molecule has 0 aliphatic carbocycles. The van der Waals surface area contributed by atoms with E-state index in [1.54, 1.807) is 0 Å². The number of nitrogens with one attached hydrogen (secondary N) is 1. The van der Waals surface area contributed by atoms with Crippen molar-refractivity contribution in [3.63, 3.8) is 0 Å². The minimum Gasteiger partial charge on any atom is -0.316 e. The quantitative estimate of drug-likeness (QED) is 0.612. The Balaban J connectivity index is 2.07. The van der Waals surface area contributed by atoms with E-state index >= 15 is 0 Å². The molecule has 1 rings (SSSR count). The first-order valence-corrected chi connectivity index (χ1v) is 7.95. The van der Waals surface area contributed by atoms with Gasteiger partial charge in [-0.05, 0) is 20.4 Å². The maximum Gasteiger partial charge on any atom is 0.0638 e. The van der Waals surface area contributed by atoms with Gasteiger partial charge in [0.05, 0.1) is 5.69 Å². The molecule has 19 heavy (non-hydrogen) atoms. The zero-order chi connectivity index (χ0) is 13.9. The molecule has 0 atom stereocenters. The fourth-order valence-corrected chi connectivity index (χ4v) is 2.45. The van der Waals surface area contributed by atoms with E-state index in [1.807, 2.05) is 7.05 Å². The van der Waals surface area contributed by atoms with Crippen molar-refractivity contribution in [2.75, 3.05) is 7.05 Å². The molecule has 0 aromatic carbocycles. The summed E-state index contributed by atoms with van der Waals surface area (Å²) in [5.74, 6) is 0. The van der Waals surface area contributed by atoms with Crippen LogP contribution >= 0.6 is 0 Å². The third kappa shape index (κ3) is 6.76. The Kier molecular flexibility index (Phi) is 8.55. The van der Waals surface area contributed by atoms with Gasteiger partial charge in [0.25, 0.3) is 0 Å². The smallest absolute Gasteiger partial charge is 0.0638 e. The molecule has 3 heteroatoms. The third-order valence-corrected chi connectivity index (χ3v) is 3.66. The van der Waals surface area contributed by atoms with E-state index < -0.39 is 0 Å². The molecule has 0 aliphatic rings. The van der Waals surface area contributed by atoms with Gasteiger partial charge in [0.2, 0.25) is 0 Å². The SMILES string of the molecule is CCCCCCCCCCn1cc(CNC)c(C)n1. The molecular formula is C16H31N3. The maximum atomic E-state index is 4.56. The second kappa shape index (κ2) is 10.0. The maximum absolute atomic E-state index is 4.56. The fourth-order valence-electron chi connectivity index (χ4n) is 2.45. The van der Waals surface area contributed by atoms with Crippen LogP contribution in [-0.4, -0.2) is 16.8 Å². The summed E-state index contributed by atoms with van der Waals surface area (Å²) in [7, 11) is 1.98. The number of aryl methyl sites for hydroxylation is 2. The summed E-state index contributed by atoms with van der Waals surface area (Å²) >= 11 is 0. The Morgan fingerprint density at radius 1 is 1.05 bits per heavy atom. The van der Waals surface area contributed by atoms with Crippen molar-refractivity contribution < 1.29 is 0 Å². The van der Waals surface area contributed by atoms with Crippen molar-refractivity contribution in [3.05, 3.63) is 17.5 Å². The van der Waals surface area contributed by atoms with Crippen LogP contribution < -0.4 is 5.32 Å². The molecule has 0 saturated carbocycles. The molecule has 1 aromatic rings. The van der Waals surface area contributed by atoms with Crippen molar-refractivity contribution in [2.24, 2.45) is 0 Å². The average molecular weight is 265 g/mol. The van der Waals surface area contributed by atoms with Gasteiger partial charge in [0.1, 0.15) is 0 Å². The van der Waals surface area contributed by atoms with E-state index in [0.29, 0.717) is 0 Å². The van der Waals surface area contributed by atoms with Crippen LogP contribution in [-0.2, 0) is 13.1 Å². The van der Waals surface area contributed by atoms with E-state index in [4.69, 9.17) is 0 Å². The number of hydrogen-bond donors (Lipinski definition) is 1. The third-order valence-electron chi connectivity index (χ3n) is 3.66. The van der Waals surface area contributed by atoms with Crippen LogP contribution in [0.15, 0.2) is 6.20 Å². The molecule has 3 nitrogen and oxygen atoms in total. The number of rotatable bonds is 11. The van der Waals surface area contributed by atoms with Crippen LogP contribution in [0.4, 0.5) is 0 Å². The van der Waals surface area contributed by atoms with Gasteiger partial charge in [-0.3, -0.25) is 4.68 Å². The highest BCUT2D eigenvalue weighted by Crippen LogP contribution is 2.10. The zero-order valence-electron chi connectivity index (χ0n) is 13.0. The molecule has 1 aromatic heterocycles. The van der Waals surface area contributed by atoms with Crippen LogP contribution in [0, 0.1) is 6.92 Å². The highest BCUT2D eigenvalue weighted by Gasteiger charge is 2.03. The standard InChI is InChI=1S/C16H31N3/c1-4-5-6-7-8-9-10-11-12-19-14-16(13-17-3)15(2)18-19/h14,17H,4-13H2,1-3H3. The lowest BCUT2D eigenvalue weighted by Crippen LogP contribution is -2.05. The Morgan fingerprint density at radius 2 is 1.68 bits per heavy atom. The lowest BCUT2D eigenvalue weighted by atomic mass is 10.1. The van der Waals surface area contributed by atoms with E-state index in [9.17, 15) is 0 Å². The molecule has 0 spiro atoms. The van der Waals surface area contributed by atoms with Crippen LogP contribution in [0.5, 0.6) is 0 Å². The molecule has 0 unspecified atom stereocenters. The summed E-state index contributed by atoms with van der Waals surface area (Å²) in [4.78, 5) is 0. The average Bonchev–Trinajstić information content (AvgIpc) is 2.74. The molecule has 0 aliphatic heterocycles. The van der Waals surface area contributed by atoms with Crippen LogP contribution in [0.25, 0.3) is 0 Å². The summed E-state index contributed by atoms with van der Waals surface area (Å²) in [5, 5.41) is 7.75. The van der Waals surface area contributed by atoms with E-state index in [2.05, 4.69) is 35.1 Å². The normalized spacial score (nSPS) is 11.1. The van der Waals surface area contributed by atoms with Gasteiger partial charge in [-0.1, -0.05) is 51.9 Å². The number of hydrogen-bond acceptors (Lipinski definition) is 2. The Hall–Kier alpha value is -0.830. The first-order valence-electron chi connectivity index (χ1n) is 7.95. The number of nitrogens with zero attached hydrogens (tertiary/aromatic N) is 2. The zero-order valence-corrected chi connectivity index (χ0v) is 13.0. The minimum absolute atomic E-state index is 0.920. The predicted molar refractivity (Wildman–Crippen MR) is 82.3 cm³/mol. The molecular weight excluding hydrogens is 234 g/mol. The predicted octanol–water partition coefficient (Wildman–Crippen LogP) is 4.05. The Bertz CT molecular complexity index is 331. The molecule has 0 saturated heterocycles. The van der Waals surface area contributed by atoms with Gasteiger partial charge in [0, 0.05) is 24.8 Å². The van der Waals surface area contributed by atoms with Gasteiger partial charge in [-0.2, -0.15) is 5.10 Å². The number of aromatic nitrogens is 2. The topological polar surface area (TPSA) is 29.9 Å². The second-order valence-corrected chi connectivity index (χ2v) is 5.51. The Morgan fingerprint density at radius 3 is 2.32 bits per heavy atom. The van der Waals surface area contributed by atoms with Crippen molar-refractivity contribution >= 4 is 0 Å². The molecule has 0 radical (unpaired) electrons. The first kappa shape index (κ1) is 16.2. The van der Waals surface area contributed by atoms with Gasteiger partial charge >= 0.3 is 0 Å². The van der Waals surface area contributed by atoms with Gasteiger partial charge in [-0.25, -0.2) is 0 Å². The highest BCUT2D eigenvalue weighted by molar-refractivity contribution is 5.14. The van der Waals surface area contributed by atoms with Crippen molar-refractivity contribution in [1.82, 2.24) is 15.1 Å². The monoisotopic (exact) mass is 265 g/mol. The van der Waals surface area contributed by atoms with Crippen molar-refractivity contribution in [2.45, 2.75) is 78.3 Å². The molecule has 0 amide bonds. The van der Waals surface area contributed by atoms with Crippen molar-refractivity contribution in [1.29, 1.82) is 0 Å². The highest BCUT2D eigenvalue weighted by atomic mass is 15.3. The van der Waals surface area contributed by atoms with E-state index in [0.717, 1.165) is 18.8 Å². The summed E-state index contributed by atoms with van der Waals surface area (Å²) in [6.45, 7) is 6.36. The van der Waals surface area contributed by atoms with Gasteiger partial charge in [-0.15, -0.1) is 0 Å². The fraction of sp³-hybridized carbons (Fsp3) is 0.812. The van der Waals surface area contributed by atoms with Crippen LogP contribution in [0.2, 0.25) is 0 Å². The summed E-state index contributed by atoms with van der Waals surface area (Å²) in [6, 6.07) is 0. The number of unbranched alkanes of at least 4 members (excludes halogenated alkanes) is 7.